The number of aromatic nitrogens is 3. The molecule has 1 atom stereocenters. The van der Waals surface area contributed by atoms with Gasteiger partial charge < -0.3 is 5.32 Å². The van der Waals surface area contributed by atoms with Crippen LogP contribution in [0.25, 0.3) is 10.9 Å². The van der Waals surface area contributed by atoms with Crippen LogP contribution in [-0.4, -0.2) is 38.9 Å². The van der Waals surface area contributed by atoms with Crippen LogP contribution in [0.3, 0.4) is 0 Å². The molecule has 2 heterocycles. The fraction of sp³-hybridized carbons (Fsp3) is 0.391. The molecule has 156 valence electrons. The average molecular weight is 406 g/mol. The lowest BCUT2D eigenvalue weighted by Crippen LogP contribution is -2.35. The molecule has 0 bridgehead atoms. The Morgan fingerprint density at radius 3 is 2.73 bits per heavy atom. The van der Waals surface area contributed by atoms with E-state index in [9.17, 15) is 9.59 Å². The molecule has 7 heteroatoms. The van der Waals surface area contributed by atoms with Gasteiger partial charge in [-0.05, 0) is 48.6 Å². The third-order valence-electron chi connectivity index (χ3n) is 5.65. The van der Waals surface area contributed by atoms with Gasteiger partial charge in [0, 0.05) is 19.6 Å². The third kappa shape index (κ3) is 4.74. The molecular weight excluding hydrogens is 378 g/mol. The number of piperidine rings is 1. The second kappa shape index (κ2) is 9.17. The van der Waals surface area contributed by atoms with Crippen LogP contribution in [0, 0.1) is 5.92 Å². The zero-order chi connectivity index (χ0) is 20.9. The largest absolute Gasteiger partial charge is 0.350 e. The molecule has 2 aromatic carbocycles. The fourth-order valence-electron chi connectivity index (χ4n) is 4.07. The first-order valence-corrected chi connectivity index (χ1v) is 10.5. The van der Waals surface area contributed by atoms with Crippen LogP contribution in [0.4, 0.5) is 0 Å². The summed E-state index contributed by atoms with van der Waals surface area (Å²) in [5, 5.41) is 11.3. The van der Waals surface area contributed by atoms with Gasteiger partial charge in [-0.1, -0.05) is 48.5 Å². The molecule has 1 aromatic heterocycles. The summed E-state index contributed by atoms with van der Waals surface area (Å²) in [5.41, 5.74) is 2.55. The molecule has 0 radical (unpaired) electrons. The Labute approximate surface area is 175 Å². The van der Waals surface area contributed by atoms with E-state index in [1.807, 2.05) is 18.2 Å². The molecule has 1 amide bonds. The van der Waals surface area contributed by atoms with Crippen molar-refractivity contribution in [2.75, 3.05) is 13.1 Å². The zero-order valence-corrected chi connectivity index (χ0v) is 17.3. The van der Waals surface area contributed by atoms with Gasteiger partial charge in [0.1, 0.15) is 12.1 Å². The molecule has 7 nitrogen and oxygen atoms in total. The van der Waals surface area contributed by atoms with E-state index >= 15 is 0 Å². The van der Waals surface area contributed by atoms with E-state index in [2.05, 4.69) is 33.5 Å². The summed E-state index contributed by atoms with van der Waals surface area (Å²) in [5.74, 6) is 0.468. The highest BCUT2D eigenvalue weighted by molar-refractivity contribution is 5.78. The van der Waals surface area contributed by atoms with Crippen molar-refractivity contribution in [2.45, 2.75) is 39.4 Å². The van der Waals surface area contributed by atoms with Gasteiger partial charge in [0.15, 0.2) is 0 Å². The Morgan fingerprint density at radius 1 is 1.13 bits per heavy atom. The summed E-state index contributed by atoms with van der Waals surface area (Å²) >= 11 is 0. The van der Waals surface area contributed by atoms with E-state index in [1.165, 1.54) is 18.4 Å². The Balaban J connectivity index is 1.40. The Bertz CT molecular complexity index is 1090. The first-order valence-electron chi connectivity index (χ1n) is 10.5. The maximum atomic E-state index is 12.5. The van der Waals surface area contributed by atoms with Crippen molar-refractivity contribution in [1.29, 1.82) is 0 Å². The van der Waals surface area contributed by atoms with Crippen molar-refractivity contribution in [2.24, 2.45) is 5.92 Å². The van der Waals surface area contributed by atoms with Gasteiger partial charge in [-0.2, -0.15) is 0 Å². The highest BCUT2D eigenvalue weighted by atomic mass is 16.2. The lowest BCUT2D eigenvalue weighted by Gasteiger charge is -2.31. The van der Waals surface area contributed by atoms with E-state index in [0.717, 1.165) is 35.8 Å². The topological polar surface area (TPSA) is 80.1 Å². The Kier molecular flexibility index (Phi) is 6.18. The zero-order valence-electron chi connectivity index (χ0n) is 17.3. The predicted molar refractivity (Wildman–Crippen MR) is 116 cm³/mol. The normalized spacial score (nSPS) is 17.2. The number of nitrogens with one attached hydrogen (secondary N) is 1. The quantitative estimate of drug-likeness (QED) is 0.681. The number of likely N-dealkylation sites (tertiary alicyclic amines) is 1. The summed E-state index contributed by atoms with van der Waals surface area (Å²) in [6.45, 7) is 5.71. The van der Waals surface area contributed by atoms with Crippen LogP contribution < -0.4 is 10.9 Å². The standard InChI is InChI=1S/C23H27N5O2/c1-17-7-6-12-27(14-17)15-19-9-3-2-8-18(19)13-24-22(29)16-28-23(30)20-10-4-5-11-21(20)25-26-28/h2-5,8-11,17H,6-7,12-16H2,1H3,(H,24,29)/t17-/m1/s1. The molecule has 1 fully saturated rings. The lowest BCUT2D eigenvalue weighted by atomic mass is 9.99. The van der Waals surface area contributed by atoms with E-state index in [-0.39, 0.29) is 18.0 Å². The minimum Gasteiger partial charge on any atom is -0.350 e. The molecular formula is C23H27N5O2. The van der Waals surface area contributed by atoms with E-state index in [4.69, 9.17) is 0 Å². The number of hydrogen-bond acceptors (Lipinski definition) is 5. The van der Waals surface area contributed by atoms with Crippen LogP contribution in [0.5, 0.6) is 0 Å². The van der Waals surface area contributed by atoms with Gasteiger partial charge in [0.25, 0.3) is 5.56 Å². The van der Waals surface area contributed by atoms with Crippen LogP contribution in [0.2, 0.25) is 0 Å². The van der Waals surface area contributed by atoms with Gasteiger partial charge in [0.05, 0.1) is 5.39 Å². The first-order chi connectivity index (χ1) is 14.6. The van der Waals surface area contributed by atoms with Crippen molar-refractivity contribution >= 4 is 16.8 Å². The van der Waals surface area contributed by atoms with E-state index in [0.29, 0.717) is 17.4 Å². The van der Waals surface area contributed by atoms with Crippen LogP contribution >= 0.6 is 0 Å². The van der Waals surface area contributed by atoms with Gasteiger partial charge in [0.2, 0.25) is 5.91 Å². The molecule has 0 aliphatic carbocycles. The molecule has 0 spiro atoms. The van der Waals surface area contributed by atoms with Crippen LogP contribution in [0.1, 0.15) is 30.9 Å². The SMILES string of the molecule is C[C@@H]1CCCN(Cc2ccccc2CNC(=O)Cn2nnc3ccccc3c2=O)C1. The molecule has 1 saturated heterocycles. The number of carbonyl (C=O) groups excluding carboxylic acids is 1. The molecule has 1 aliphatic rings. The maximum Gasteiger partial charge on any atom is 0.278 e. The van der Waals surface area contributed by atoms with Gasteiger partial charge in [-0.25, -0.2) is 4.68 Å². The number of amides is 1. The van der Waals surface area contributed by atoms with E-state index < -0.39 is 0 Å². The second-order valence-corrected chi connectivity index (χ2v) is 8.10. The summed E-state index contributed by atoms with van der Waals surface area (Å²) in [6.07, 6.45) is 2.53. The minimum atomic E-state index is -0.310. The van der Waals surface area contributed by atoms with Crippen molar-refractivity contribution in [1.82, 2.24) is 25.2 Å². The lowest BCUT2D eigenvalue weighted by molar-refractivity contribution is -0.122. The number of nitrogens with zero attached hydrogens (tertiary/aromatic N) is 4. The summed E-state index contributed by atoms with van der Waals surface area (Å²) in [6, 6.07) is 15.2. The molecule has 30 heavy (non-hydrogen) atoms. The van der Waals surface area contributed by atoms with Crippen LogP contribution in [0.15, 0.2) is 53.3 Å². The van der Waals surface area contributed by atoms with Crippen molar-refractivity contribution in [3.05, 3.63) is 70.0 Å². The maximum absolute atomic E-state index is 12.5. The molecule has 1 aliphatic heterocycles. The van der Waals surface area contributed by atoms with Crippen molar-refractivity contribution in [3.8, 4) is 0 Å². The number of hydrogen-bond donors (Lipinski definition) is 1. The smallest absolute Gasteiger partial charge is 0.278 e. The number of rotatable bonds is 6. The molecule has 0 unspecified atom stereocenters. The minimum absolute atomic E-state index is 0.150. The molecule has 1 N–H and O–H groups in total. The number of fused-ring (bicyclic) bond motifs is 1. The van der Waals surface area contributed by atoms with Crippen LogP contribution in [-0.2, 0) is 24.4 Å². The number of carbonyl (C=O) groups is 1. The third-order valence-corrected chi connectivity index (χ3v) is 5.65. The fourth-order valence-corrected chi connectivity index (χ4v) is 4.07. The highest BCUT2D eigenvalue weighted by Gasteiger charge is 2.17. The Hall–Kier alpha value is -3.06. The highest BCUT2D eigenvalue weighted by Crippen LogP contribution is 2.19. The molecule has 0 saturated carbocycles. The number of benzene rings is 2. The summed E-state index contributed by atoms with van der Waals surface area (Å²) in [7, 11) is 0. The monoisotopic (exact) mass is 405 g/mol. The second-order valence-electron chi connectivity index (χ2n) is 8.10. The van der Waals surface area contributed by atoms with Gasteiger partial charge in [-0.15, -0.1) is 5.10 Å². The molecule has 3 aromatic rings. The summed E-state index contributed by atoms with van der Waals surface area (Å²) < 4.78 is 1.11. The van der Waals surface area contributed by atoms with Gasteiger partial charge in [-0.3, -0.25) is 14.5 Å². The first kappa shape index (κ1) is 20.2. The van der Waals surface area contributed by atoms with Crippen molar-refractivity contribution in [3.63, 3.8) is 0 Å². The van der Waals surface area contributed by atoms with E-state index in [1.54, 1.807) is 24.3 Å². The average Bonchev–Trinajstić information content (AvgIpc) is 2.75. The van der Waals surface area contributed by atoms with Crippen molar-refractivity contribution < 1.29 is 4.79 Å². The Morgan fingerprint density at radius 2 is 1.90 bits per heavy atom. The molecule has 4 rings (SSSR count). The summed E-state index contributed by atoms with van der Waals surface area (Å²) in [4.78, 5) is 27.5. The van der Waals surface area contributed by atoms with Gasteiger partial charge >= 0.3 is 0 Å². The predicted octanol–water partition coefficient (Wildman–Crippen LogP) is 2.34.